The van der Waals surface area contributed by atoms with Gasteiger partial charge in [0.25, 0.3) is 0 Å². The summed E-state index contributed by atoms with van der Waals surface area (Å²) in [5, 5.41) is 5.50. The van der Waals surface area contributed by atoms with Crippen molar-refractivity contribution in [1.29, 1.82) is 0 Å². The minimum absolute atomic E-state index is 1.37. The third-order valence-electron chi connectivity index (χ3n) is 3.47. The lowest BCUT2D eigenvalue weighted by Gasteiger charge is -2.11. The van der Waals surface area contributed by atoms with Gasteiger partial charge in [0, 0.05) is 0 Å². The molecule has 0 fully saturated rings. The average molecular weight is 304 g/mol. The highest BCUT2D eigenvalue weighted by Gasteiger charge is 2.06. The van der Waals surface area contributed by atoms with Gasteiger partial charge in [-0.3, -0.25) is 0 Å². The Bertz CT molecular complexity index is 711. The Morgan fingerprint density at radius 2 is 0.857 bits per heavy atom. The van der Waals surface area contributed by atoms with E-state index in [0.717, 1.165) is 0 Å². The highest BCUT2D eigenvalue weighted by Crippen LogP contribution is 2.31. The molecule has 0 heterocycles. The first kappa shape index (κ1) is 15.7. The van der Waals surface area contributed by atoms with Gasteiger partial charge in [-0.25, -0.2) is 4.57 Å². The molecule has 0 aliphatic carbocycles. The SMILES string of the molecule is Cc1c2ccccc2c(C)c2ccccc12.O=P(O)(O)O. The minimum atomic E-state index is -4.64. The van der Waals surface area contributed by atoms with E-state index in [1.807, 2.05) is 0 Å². The minimum Gasteiger partial charge on any atom is -0.303 e. The van der Waals surface area contributed by atoms with Gasteiger partial charge in [0.2, 0.25) is 0 Å². The Balaban J connectivity index is 0.000000282. The van der Waals surface area contributed by atoms with Gasteiger partial charge in [0.1, 0.15) is 0 Å². The van der Waals surface area contributed by atoms with Gasteiger partial charge < -0.3 is 14.7 Å². The fraction of sp³-hybridized carbons (Fsp3) is 0.125. The Morgan fingerprint density at radius 1 is 0.667 bits per heavy atom. The van der Waals surface area contributed by atoms with Gasteiger partial charge in [0.05, 0.1) is 0 Å². The molecule has 0 saturated heterocycles. The summed E-state index contributed by atoms with van der Waals surface area (Å²) in [7, 11) is -4.64. The van der Waals surface area contributed by atoms with Crippen molar-refractivity contribution in [2.24, 2.45) is 0 Å². The van der Waals surface area contributed by atoms with E-state index in [9.17, 15) is 0 Å². The van der Waals surface area contributed by atoms with E-state index in [2.05, 4.69) is 62.4 Å². The molecule has 0 bridgehead atoms. The zero-order valence-electron chi connectivity index (χ0n) is 11.8. The maximum atomic E-state index is 8.88. The molecule has 3 aromatic rings. The lowest BCUT2D eigenvalue weighted by Crippen LogP contribution is -1.87. The summed E-state index contributed by atoms with van der Waals surface area (Å²) in [5.41, 5.74) is 2.77. The van der Waals surface area contributed by atoms with Crippen LogP contribution in [0.2, 0.25) is 0 Å². The number of fused-ring (bicyclic) bond motifs is 2. The number of aryl methyl sites for hydroxylation is 2. The number of hydrogen-bond acceptors (Lipinski definition) is 1. The van der Waals surface area contributed by atoms with E-state index < -0.39 is 7.82 Å². The molecule has 0 aliphatic heterocycles. The third kappa shape index (κ3) is 3.69. The molecule has 4 nitrogen and oxygen atoms in total. The van der Waals surface area contributed by atoms with Crippen LogP contribution in [0.15, 0.2) is 48.5 Å². The van der Waals surface area contributed by atoms with Gasteiger partial charge in [-0.15, -0.1) is 0 Å². The van der Waals surface area contributed by atoms with E-state index in [-0.39, 0.29) is 0 Å². The Hall–Kier alpha value is -1.71. The largest absolute Gasteiger partial charge is 0.466 e. The molecule has 5 heteroatoms. The van der Waals surface area contributed by atoms with Crippen molar-refractivity contribution in [3.8, 4) is 0 Å². The molecule has 0 aliphatic rings. The smallest absolute Gasteiger partial charge is 0.303 e. The molecule has 0 spiro atoms. The molecule has 3 aromatic carbocycles. The number of phosphoric acid groups is 1. The quantitative estimate of drug-likeness (QED) is 0.437. The molecule has 3 N–H and O–H groups in total. The Kier molecular flexibility index (Phi) is 4.45. The monoisotopic (exact) mass is 304 g/mol. The summed E-state index contributed by atoms with van der Waals surface area (Å²) >= 11 is 0. The van der Waals surface area contributed by atoms with Crippen LogP contribution in [0.25, 0.3) is 21.5 Å². The summed E-state index contributed by atoms with van der Waals surface area (Å²) < 4.78 is 8.88. The normalized spacial score (nSPS) is 11.3. The highest BCUT2D eigenvalue weighted by atomic mass is 31.2. The molecule has 0 amide bonds. The van der Waals surface area contributed by atoms with Crippen molar-refractivity contribution in [3.63, 3.8) is 0 Å². The van der Waals surface area contributed by atoms with E-state index >= 15 is 0 Å². The first-order valence-electron chi connectivity index (χ1n) is 6.44. The van der Waals surface area contributed by atoms with Crippen molar-refractivity contribution >= 4 is 29.4 Å². The molecule has 0 unspecified atom stereocenters. The summed E-state index contributed by atoms with van der Waals surface area (Å²) in [4.78, 5) is 21.6. The number of rotatable bonds is 0. The Labute approximate surface area is 122 Å². The fourth-order valence-corrected chi connectivity index (χ4v) is 2.56. The van der Waals surface area contributed by atoms with Crippen molar-refractivity contribution in [1.82, 2.24) is 0 Å². The average Bonchev–Trinajstić information content (AvgIpc) is 2.43. The van der Waals surface area contributed by atoms with Crippen LogP contribution < -0.4 is 0 Å². The lowest BCUT2D eigenvalue weighted by molar-refractivity contribution is 0.275. The van der Waals surface area contributed by atoms with Crippen LogP contribution in [0.1, 0.15) is 11.1 Å². The number of benzene rings is 3. The molecule has 0 radical (unpaired) electrons. The van der Waals surface area contributed by atoms with Gasteiger partial charge in [-0.05, 0) is 46.5 Å². The van der Waals surface area contributed by atoms with Crippen molar-refractivity contribution in [2.45, 2.75) is 13.8 Å². The molecule has 0 atom stereocenters. The summed E-state index contributed by atoms with van der Waals surface area (Å²) in [6, 6.07) is 17.3. The maximum absolute atomic E-state index is 8.88. The Morgan fingerprint density at radius 3 is 1.05 bits per heavy atom. The van der Waals surface area contributed by atoms with E-state index in [1.54, 1.807) is 0 Å². The zero-order chi connectivity index (χ0) is 15.6. The van der Waals surface area contributed by atoms with Crippen molar-refractivity contribution < 1.29 is 19.2 Å². The van der Waals surface area contributed by atoms with Crippen LogP contribution in [-0.2, 0) is 4.57 Å². The van der Waals surface area contributed by atoms with Gasteiger partial charge in [0.15, 0.2) is 0 Å². The molecule has 0 saturated carbocycles. The zero-order valence-corrected chi connectivity index (χ0v) is 12.7. The van der Waals surface area contributed by atoms with Crippen LogP contribution in [0.3, 0.4) is 0 Å². The predicted molar refractivity (Wildman–Crippen MR) is 85.2 cm³/mol. The summed E-state index contributed by atoms with van der Waals surface area (Å²) in [5.74, 6) is 0. The van der Waals surface area contributed by atoms with Gasteiger partial charge >= 0.3 is 7.82 Å². The molecule has 3 rings (SSSR count). The predicted octanol–water partition coefficient (Wildman–Crippen LogP) is 3.68. The third-order valence-corrected chi connectivity index (χ3v) is 3.47. The second-order valence-corrected chi connectivity index (χ2v) is 5.88. The summed E-state index contributed by atoms with van der Waals surface area (Å²) in [6.07, 6.45) is 0. The van der Waals surface area contributed by atoms with Crippen LogP contribution >= 0.6 is 7.82 Å². The highest BCUT2D eigenvalue weighted by molar-refractivity contribution is 7.45. The lowest BCUT2D eigenvalue weighted by atomic mass is 9.93. The maximum Gasteiger partial charge on any atom is 0.466 e. The number of hydrogen-bond donors (Lipinski definition) is 3. The second-order valence-electron chi connectivity index (χ2n) is 4.85. The van der Waals surface area contributed by atoms with Gasteiger partial charge in [-0.1, -0.05) is 48.5 Å². The van der Waals surface area contributed by atoms with E-state index in [4.69, 9.17) is 19.2 Å². The molecule has 110 valence electrons. The first-order chi connectivity index (χ1) is 9.79. The van der Waals surface area contributed by atoms with Crippen LogP contribution in [-0.4, -0.2) is 14.7 Å². The van der Waals surface area contributed by atoms with Gasteiger partial charge in [-0.2, -0.15) is 0 Å². The van der Waals surface area contributed by atoms with Crippen LogP contribution in [0.4, 0.5) is 0 Å². The van der Waals surface area contributed by atoms with E-state index in [0.29, 0.717) is 0 Å². The fourth-order valence-electron chi connectivity index (χ4n) is 2.56. The first-order valence-corrected chi connectivity index (χ1v) is 8.00. The van der Waals surface area contributed by atoms with Crippen molar-refractivity contribution in [2.75, 3.05) is 0 Å². The van der Waals surface area contributed by atoms with Crippen LogP contribution in [0.5, 0.6) is 0 Å². The van der Waals surface area contributed by atoms with Crippen LogP contribution in [0, 0.1) is 13.8 Å². The second kappa shape index (κ2) is 5.96. The molecular weight excluding hydrogens is 287 g/mol. The molecular formula is C16H17O4P. The topological polar surface area (TPSA) is 77.8 Å². The summed E-state index contributed by atoms with van der Waals surface area (Å²) in [6.45, 7) is 4.42. The van der Waals surface area contributed by atoms with Crippen molar-refractivity contribution in [3.05, 3.63) is 59.7 Å². The van der Waals surface area contributed by atoms with E-state index in [1.165, 1.54) is 32.7 Å². The molecule has 21 heavy (non-hydrogen) atoms. The molecule has 0 aromatic heterocycles. The standard InChI is InChI=1S/C16H14.H3O4P/c1-11-13-7-3-5-9-15(13)12(2)16-10-6-4-8-14(11)16;1-5(2,3)4/h3-10H,1-2H3;(H3,1,2,3,4).